The second-order valence-electron chi connectivity index (χ2n) is 18.9. The molecule has 0 fully saturated rings. The molecule has 0 spiro atoms. The highest BCUT2D eigenvalue weighted by atomic mass is 31.2. The van der Waals surface area contributed by atoms with Crippen molar-refractivity contribution in [3.05, 3.63) is 12.2 Å². The summed E-state index contributed by atoms with van der Waals surface area (Å²) in [5.41, 5.74) is 0. The Morgan fingerprint density at radius 3 is 1.31 bits per heavy atom. The van der Waals surface area contributed by atoms with Gasteiger partial charge in [0.25, 0.3) is 0 Å². The molecule has 0 aromatic heterocycles. The number of nitrogens with one attached hydrogen (secondary N) is 1. The molecular formula is C50H102N2O6P+. The van der Waals surface area contributed by atoms with Crippen molar-refractivity contribution in [3.8, 4) is 0 Å². The largest absolute Gasteiger partial charge is 0.472 e. The van der Waals surface area contributed by atoms with Crippen LogP contribution in [0.5, 0.6) is 0 Å². The summed E-state index contributed by atoms with van der Waals surface area (Å²) in [6.45, 7) is 4.89. The lowest BCUT2D eigenvalue weighted by molar-refractivity contribution is -0.870. The second-order valence-corrected chi connectivity index (χ2v) is 20.4. The number of hydrogen-bond donors (Lipinski definition) is 3. The normalized spacial score (nSPS) is 14.2. The van der Waals surface area contributed by atoms with E-state index in [0.717, 1.165) is 38.5 Å². The van der Waals surface area contributed by atoms with Crippen molar-refractivity contribution in [1.29, 1.82) is 0 Å². The van der Waals surface area contributed by atoms with Crippen LogP contribution in [0.4, 0.5) is 0 Å². The summed E-state index contributed by atoms with van der Waals surface area (Å²) < 4.78 is 23.6. The van der Waals surface area contributed by atoms with Crippen molar-refractivity contribution in [3.63, 3.8) is 0 Å². The van der Waals surface area contributed by atoms with Gasteiger partial charge >= 0.3 is 7.82 Å². The number of allylic oxidation sites excluding steroid dienone is 2. The number of quaternary nitrogens is 1. The van der Waals surface area contributed by atoms with Gasteiger partial charge in [0.05, 0.1) is 39.9 Å². The van der Waals surface area contributed by atoms with Crippen LogP contribution in [0, 0.1) is 0 Å². The highest BCUT2D eigenvalue weighted by Crippen LogP contribution is 2.43. The highest BCUT2D eigenvalue weighted by Gasteiger charge is 2.28. The first-order valence-electron chi connectivity index (χ1n) is 25.6. The predicted octanol–water partition coefficient (Wildman–Crippen LogP) is 14.7. The molecular weight excluding hydrogens is 756 g/mol. The maximum absolute atomic E-state index is 12.9. The lowest BCUT2D eigenvalue weighted by atomic mass is 10.0. The van der Waals surface area contributed by atoms with Gasteiger partial charge in [-0.3, -0.25) is 13.8 Å². The third kappa shape index (κ3) is 45.1. The van der Waals surface area contributed by atoms with Gasteiger partial charge in [0.1, 0.15) is 13.2 Å². The fourth-order valence-corrected chi connectivity index (χ4v) is 8.43. The number of amides is 1. The minimum absolute atomic E-state index is 0.0765. The van der Waals surface area contributed by atoms with Gasteiger partial charge in [0.2, 0.25) is 5.91 Å². The first-order valence-corrected chi connectivity index (χ1v) is 27.0. The van der Waals surface area contributed by atoms with Crippen LogP contribution in [0.2, 0.25) is 0 Å². The van der Waals surface area contributed by atoms with E-state index in [2.05, 4.69) is 31.3 Å². The fourth-order valence-electron chi connectivity index (χ4n) is 7.69. The Morgan fingerprint density at radius 1 is 0.559 bits per heavy atom. The topological polar surface area (TPSA) is 105 Å². The van der Waals surface area contributed by atoms with Gasteiger partial charge in [0, 0.05) is 6.42 Å². The molecule has 0 rings (SSSR count). The van der Waals surface area contributed by atoms with Crippen LogP contribution >= 0.6 is 7.82 Å². The molecule has 0 radical (unpaired) electrons. The molecule has 352 valence electrons. The Hall–Kier alpha value is -0.760. The number of unbranched alkanes of at least 4 members (excludes halogenated alkanes) is 32. The minimum Gasteiger partial charge on any atom is -0.391 e. The number of nitrogens with zero attached hydrogens (tertiary/aromatic N) is 1. The van der Waals surface area contributed by atoms with Crippen LogP contribution in [0.15, 0.2) is 12.2 Å². The number of carbonyl (C=O) groups excluding carboxylic acids is 1. The number of likely N-dealkylation sites (N-methyl/N-ethyl adjacent to an activating group) is 1. The minimum atomic E-state index is -4.31. The van der Waals surface area contributed by atoms with Crippen molar-refractivity contribution < 1.29 is 32.9 Å². The number of carbonyl (C=O) groups is 1. The summed E-state index contributed by atoms with van der Waals surface area (Å²) in [7, 11) is 1.62. The Bertz CT molecular complexity index is 974. The third-order valence-electron chi connectivity index (χ3n) is 11.8. The first kappa shape index (κ1) is 58.2. The molecule has 1 amide bonds. The van der Waals surface area contributed by atoms with E-state index >= 15 is 0 Å². The lowest BCUT2D eigenvalue weighted by Crippen LogP contribution is -2.46. The van der Waals surface area contributed by atoms with E-state index in [1.165, 1.54) is 186 Å². The molecule has 0 heterocycles. The van der Waals surface area contributed by atoms with Crippen LogP contribution in [0.25, 0.3) is 0 Å². The summed E-state index contributed by atoms with van der Waals surface area (Å²) in [5.74, 6) is -0.144. The Labute approximate surface area is 367 Å². The van der Waals surface area contributed by atoms with E-state index in [-0.39, 0.29) is 19.1 Å². The standard InChI is InChI=1S/C50H101N2O6P/c1-6-8-10-12-14-16-18-19-20-21-22-23-24-25-26-27-28-29-30-31-32-33-34-36-38-40-42-44-50(54)51-48(47-58-59(55,56)57-46-45-52(3,4)5)49(53)43-41-39-37-35-17-15-13-11-9-7-2/h25-26,48-49,53H,6-24,27-47H2,1-5H3,(H-,51,54,55,56)/p+1/b26-25-. The summed E-state index contributed by atoms with van der Waals surface area (Å²) in [5, 5.41) is 13.9. The van der Waals surface area contributed by atoms with E-state index in [1.54, 1.807) is 0 Å². The Kier molecular flexibility index (Phi) is 42.0. The average Bonchev–Trinajstić information content (AvgIpc) is 3.19. The molecule has 0 bridgehead atoms. The molecule has 0 aliphatic rings. The van der Waals surface area contributed by atoms with Gasteiger partial charge in [-0.05, 0) is 38.5 Å². The van der Waals surface area contributed by atoms with E-state index < -0.39 is 20.0 Å². The molecule has 9 heteroatoms. The van der Waals surface area contributed by atoms with Crippen LogP contribution in [0.3, 0.4) is 0 Å². The molecule has 0 saturated carbocycles. The number of hydrogen-bond acceptors (Lipinski definition) is 5. The number of phosphoric ester groups is 1. The van der Waals surface area contributed by atoms with Crippen molar-refractivity contribution in [2.45, 2.75) is 264 Å². The van der Waals surface area contributed by atoms with E-state index in [4.69, 9.17) is 9.05 Å². The molecule has 3 N–H and O–H groups in total. The van der Waals surface area contributed by atoms with Crippen molar-refractivity contribution in [1.82, 2.24) is 5.32 Å². The zero-order valence-corrected chi connectivity index (χ0v) is 40.9. The second kappa shape index (κ2) is 42.5. The third-order valence-corrected chi connectivity index (χ3v) is 12.7. The van der Waals surface area contributed by atoms with Gasteiger partial charge in [-0.25, -0.2) is 4.57 Å². The SMILES string of the molecule is CCCCCCCCCCCCCC/C=C\CCCCCCCCCCCCCC(=O)NC(COP(=O)(O)OCC[N+](C)(C)C)C(O)CCCCCCCCCCCC. The summed E-state index contributed by atoms with van der Waals surface area (Å²) >= 11 is 0. The molecule has 8 nitrogen and oxygen atoms in total. The van der Waals surface area contributed by atoms with Crippen LogP contribution < -0.4 is 5.32 Å². The maximum Gasteiger partial charge on any atom is 0.472 e. The smallest absolute Gasteiger partial charge is 0.391 e. The first-order chi connectivity index (χ1) is 28.5. The van der Waals surface area contributed by atoms with Crippen molar-refractivity contribution in [2.75, 3.05) is 40.9 Å². The van der Waals surface area contributed by atoms with Gasteiger partial charge < -0.3 is 19.8 Å². The van der Waals surface area contributed by atoms with Crippen LogP contribution in [0.1, 0.15) is 251 Å². The maximum atomic E-state index is 12.9. The van der Waals surface area contributed by atoms with Gasteiger partial charge in [-0.1, -0.05) is 219 Å². The predicted molar refractivity (Wildman–Crippen MR) is 254 cm³/mol. The van der Waals surface area contributed by atoms with Gasteiger partial charge in [-0.2, -0.15) is 0 Å². The number of aliphatic hydroxyl groups excluding tert-OH is 1. The number of aliphatic hydroxyl groups is 1. The number of phosphoric acid groups is 1. The molecule has 0 aromatic carbocycles. The average molecular weight is 858 g/mol. The van der Waals surface area contributed by atoms with Crippen LogP contribution in [-0.2, 0) is 18.4 Å². The zero-order chi connectivity index (χ0) is 43.6. The van der Waals surface area contributed by atoms with E-state index in [0.29, 0.717) is 23.9 Å². The Morgan fingerprint density at radius 2 is 0.915 bits per heavy atom. The fraction of sp³-hybridized carbons (Fsp3) is 0.940. The summed E-state index contributed by atoms with van der Waals surface area (Å²) in [6.07, 6.45) is 49.8. The lowest BCUT2D eigenvalue weighted by Gasteiger charge is -2.26. The van der Waals surface area contributed by atoms with Gasteiger partial charge in [0.15, 0.2) is 0 Å². The van der Waals surface area contributed by atoms with Crippen LogP contribution in [-0.4, -0.2) is 73.4 Å². The van der Waals surface area contributed by atoms with E-state index in [1.807, 2.05) is 21.1 Å². The zero-order valence-electron chi connectivity index (χ0n) is 40.0. The molecule has 0 aromatic rings. The Balaban J connectivity index is 4.05. The molecule has 3 atom stereocenters. The molecule has 0 aliphatic carbocycles. The highest BCUT2D eigenvalue weighted by molar-refractivity contribution is 7.47. The molecule has 3 unspecified atom stereocenters. The molecule has 0 aliphatic heterocycles. The van der Waals surface area contributed by atoms with Crippen molar-refractivity contribution in [2.24, 2.45) is 0 Å². The summed E-state index contributed by atoms with van der Waals surface area (Å²) in [4.78, 5) is 23.2. The number of rotatable bonds is 47. The van der Waals surface area contributed by atoms with E-state index in [9.17, 15) is 19.4 Å². The van der Waals surface area contributed by atoms with Crippen molar-refractivity contribution >= 4 is 13.7 Å². The quantitative estimate of drug-likeness (QED) is 0.0244. The monoisotopic (exact) mass is 858 g/mol. The van der Waals surface area contributed by atoms with Gasteiger partial charge in [-0.15, -0.1) is 0 Å². The molecule has 0 saturated heterocycles. The summed E-state index contributed by atoms with van der Waals surface area (Å²) in [6, 6.07) is -0.756. The molecule has 59 heavy (non-hydrogen) atoms.